The number of Topliss-reactive ketones (excluding diaryl/α,β-unsaturated/α-hetero) is 1. The fourth-order valence-electron chi connectivity index (χ4n) is 3.96. The highest BCUT2D eigenvalue weighted by Crippen LogP contribution is 2.42. The Morgan fingerprint density at radius 3 is 2.74 bits per heavy atom. The first-order valence-corrected chi connectivity index (χ1v) is 13.6. The maximum absolute atomic E-state index is 12.7. The molecule has 9 nitrogen and oxygen atoms in total. The second-order valence-electron chi connectivity index (χ2n) is 8.21. The van der Waals surface area contributed by atoms with Crippen LogP contribution in [-0.4, -0.2) is 47.9 Å². The first kappa shape index (κ1) is 23.2. The summed E-state index contributed by atoms with van der Waals surface area (Å²) >= 11 is 4.43. The molecule has 1 aliphatic heterocycles. The van der Waals surface area contributed by atoms with Gasteiger partial charge >= 0.3 is 0 Å². The van der Waals surface area contributed by atoms with Gasteiger partial charge in [-0.2, -0.15) is 0 Å². The van der Waals surface area contributed by atoms with Crippen LogP contribution in [0.15, 0.2) is 34.6 Å². The Morgan fingerprint density at radius 1 is 1.29 bits per heavy atom. The molecule has 12 heteroatoms. The minimum atomic E-state index is -0.485. The molecule has 0 radical (unpaired) electrons. The van der Waals surface area contributed by atoms with Gasteiger partial charge < -0.3 is 4.74 Å². The molecule has 176 valence electrons. The zero-order chi connectivity index (χ0) is 24.0. The van der Waals surface area contributed by atoms with Crippen molar-refractivity contribution >= 4 is 62.2 Å². The van der Waals surface area contributed by atoms with Gasteiger partial charge in [-0.25, -0.2) is 9.38 Å². The lowest BCUT2D eigenvalue weighted by molar-refractivity contribution is -0.384. The molecule has 4 aromatic rings. The van der Waals surface area contributed by atoms with E-state index in [1.165, 1.54) is 58.2 Å². The number of non-ortho nitro benzene ring substituents is 1. The number of benzene rings is 1. The summed E-state index contributed by atoms with van der Waals surface area (Å²) in [5, 5.41) is 22.1. The zero-order valence-electron chi connectivity index (χ0n) is 18.7. The molecule has 34 heavy (non-hydrogen) atoms. The molecule has 0 saturated carbocycles. The van der Waals surface area contributed by atoms with E-state index in [2.05, 4.69) is 24.0 Å². The molecule has 0 N–H and O–H groups in total. The summed E-state index contributed by atoms with van der Waals surface area (Å²) in [6.45, 7) is 4.84. The molecule has 0 amide bonds. The SMILES string of the molecule is CC[C@]1(C)Cc2c(sc3nc(SC)n4c(SCC(=O)c5ccc([N+](=O)[O-])cc5)nnc4c23)CO1. The molecule has 0 bridgehead atoms. The molecular weight excluding hydrogens is 494 g/mol. The molecule has 3 aromatic heterocycles. The maximum Gasteiger partial charge on any atom is 0.269 e. The summed E-state index contributed by atoms with van der Waals surface area (Å²) in [5.41, 5.74) is 2.13. The summed E-state index contributed by atoms with van der Waals surface area (Å²) in [7, 11) is 0. The lowest BCUT2D eigenvalue weighted by atomic mass is 9.90. The lowest BCUT2D eigenvalue weighted by Crippen LogP contribution is -2.33. The van der Waals surface area contributed by atoms with Crippen molar-refractivity contribution in [3.05, 3.63) is 50.4 Å². The minimum absolute atomic E-state index is 0.0453. The predicted octanol–water partition coefficient (Wildman–Crippen LogP) is 5.19. The largest absolute Gasteiger partial charge is 0.369 e. The Morgan fingerprint density at radius 2 is 2.06 bits per heavy atom. The van der Waals surface area contributed by atoms with E-state index in [0.29, 0.717) is 17.3 Å². The number of hydrogen-bond donors (Lipinski definition) is 0. The van der Waals surface area contributed by atoms with Crippen LogP contribution in [0.2, 0.25) is 0 Å². The van der Waals surface area contributed by atoms with Crippen molar-refractivity contribution in [2.45, 2.75) is 49.2 Å². The Hall–Kier alpha value is -2.54. The van der Waals surface area contributed by atoms with E-state index in [0.717, 1.165) is 33.9 Å². The summed E-state index contributed by atoms with van der Waals surface area (Å²) < 4.78 is 8.05. The Bertz CT molecular complexity index is 1430. The van der Waals surface area contributed by atoms with Crippen LogP contribution < -0.4 is 0 Å². The monoisotopic (exact) mass is 515 g/mol. The highest BCUT2D eigenvalue weighted by atomic mass is 32.2. The minimum Gasteiger partial charge on any atom is -0.369 e. The normalized spacial score (nSPS) is 17.9. The summed E-state index contributed by atoms with van der Waals surface area (Å²) in [6, 6.07) is 5.63. The quantitative estimate of drug-likeness (QED) is 0.108. The van der Waals surface area contributed by atoms with E-state index in [9.17, 15) is 14.9 Å². The Kier molecular flexibility index (Phi) is 6.09. The second-order valence-corrected chi connectivity index (χ2v) is 11.0. The number of hydrogen-bond acceptors (Lipinski definition) is 10. The van der Waals surface area contributed by atoms with Gasteiger partial charge in [0.2, 0.25) is 0 Å². The number of nitro benzene ring substituents is 1. The van der Waals surface area contributed by atoms with Crippen LogP contribution in [0.1, 0.15) is 41.1 Å². The van der Waals surface area contributed by atoms with Gasteiger partial charge in [0.15, 0.2) is 21.7 Å². The number of carbonyl (C=O) groups excluding carboxylic acids is 1. The third-order valence-electron chi connectivity index (χ3n) is 6.08. The van der Waals surface area contributed by atoms with Gasteiger partial charge in [0, 0.05) is 29.0 Å². The summed E-state index contributed by atoms with van der Waals surface area (Å²) in [6.07, 6.45) is 3.66. The highest BCUT2D eigenvalue weighted by molar-refractivity contribution is 8.00. The van der Waals surface area contributed by atoms with Gasteiger partial charge in [0.25, 0.3) is 5.69 Å². The van der Waals surface area contributed by atoms with Crippen molar-refractivity contribution < 1.29 is 14.5 Å². The highest BCUT2D eigenvalue weighted by Gasteiger charge is 2.33. The number of rotatable bonds is 7. The van der Waals surface area contributed by atoms with Crippen LogP contribution in [0.5, 0.6) is 0 Å². The number of thiophene rings is 1. The average Bonchev–Trinajstić information content (AvgIpc) is 3.42. The van der Waals surface area contributed by atoms with E-state index in [1.54, 1.807) is 11.3 Å². The van der Waals surface area contributed by atoms with E-state index in [1.807, 2.05) is 10.7 Å². The molecule has 4 heterocycles. The molecule has 0 unspecified atom stereocenters. The van der Waals surface area contributed by atoms with Gasteiger partial charge in [-0.1, -0.05) is 30.4 Å². The topological polar surface area (TPSA) is 113 Å². The Balaban J connectivity index is 1.49. The predicted molar refractivity (Wildman–Crippen MR) is 133 cm³/mol. The number of fused-ring (bicyclic) bond motifs is 5. The summed E-state index contributed by atoms with van der Waals surface area (Å²) in [5.74, 6) is -0.00585. The maximum atomic E-state index is 12.7. The van der Waals surface area contributed by atoms with Crippen molar-refractivity contribution in [3.8, 4) is 0 Å². The third-order valence-corrected chi connectivity index (χ3v) is 8.75. The van der Waals surface area contributed by atoms with Gasteiger partial charge in [-0.3, -0.25) is 14.9 Å². The smallest absolute Gasteiger partial charge is 0.269 e. The van der Waals surface area contributed by atoms with Crippen LogP contribution in [-0.2, 0) is 17.8 Å². The first-order chi connectivity index (χ1) is 16.3. The molecular formula is C22H21N5O4S3. The van der Waals surface area contributed by atoms with Crippen LogP contribution in [0, 0.1) is 10.1 Å². The van der Waals surface area contributed by atoms with Crippen LogP contribution in [0.25, 0.3) is 15.9 Å². The molecule has 5 rings (SSSR count). The molecule has 0 spiro atoms. The lowest BCUT2D eigenvalue weighted by Gasteiger charge is -2.32. The fraction of sp³-hybridized carbons (Fsp3) is 0.364. The third kappa shape index (κ3) is 3.98. The number of nitrogens with zero attached hydrogens (tertiary/aromatic N) is 5. The van der Waals surface area contributed by atoms with Crippen molar-refractivity contribution in [3.63, 3.8) is 0 Å². The first-order valence-electron chi connectivity index (χ1n) is 10.6. The van der Waals surface area contributed by atoms with E-state index >= 15 is 0 Å². The number of ketones is 1. The van der Waals surface area contributed by atoms with E-state index in [-0.39, 0.29) is 22.8 Å². The number of thioether (sulfide) groups is 2. The Labute approximate surface area is 207 Å². The number of aromatic nitrogens is 4. The summed E-state index contributed by atoms with van der Waals surface area (Å²) in [4.78, 5) is 30.1. The molecule has 1 aromatic carbocycles. The second kappa shape index (κ2) is 8.91. The van der Waals surface area contributed by atoms with Gasteiger partial charge in [-0.05, 0) is 37.3 Å². The average molecular weight is 516 g/mol. The van der Waals surface area contributed by atoms with Crippen LogP contribution in [0.4, 0.5) is 5.69 Å². The van der Waals surface area contributed by atoms with Gasteiger partial charge in [0.1, 0.15) is 4.83 Å². The number of carbonyl (C=O) groups is 1. The molecule has 1 atom stereocenters. The number of nitro groups is 1. The van der Waals surface area contributed by atoms with Gasteiger partial charge in [0.05, 0.1) is 28.3 Å². The van der Waals surface area contributed by atoms with Crippen molar-refractivity contribution in [2.24, 2.45) is 0 Å². The van der Waals surface area contributed by atoms with Crippen molar-refractivity contribution in [1.82, 2.24) is 19.6 Å². The fourth-order valence-corrected chi connectivity index (χ4v) is 6.54. The van der Waals surface area contributed by atoms with Gasteiger partial charge in [-0.15, -0.1) is 21.5 Å². The van der Waals surface area contributed by atoms with E-state index < -0.39 is 4.92 Å². The van der Waals surface area contributed by atoms with Crippen molar-refractivity contribution in [1.29, 1.82) is 0 Å². The molecule has 0 saturated heterocycles. The molecule has 1 aliphatic rings. The molecule has 0 aliphatic carbocycles. The van der Waals surface area contributed by atoms with Crippen LogP contribution in [0.3, 0.4) is 0 Å². The zero-order valence-corrected chi connectivity index (χ0v) is 21.2. The number of ether oxygens (including phenoxy) is 1. The van der Waals surface area contributed by atoms with Crippen molar-refractivity contribution in [2.75, 3.05) is 12.0 Å². The molecule has 0 fully saturated rings. The standard InChI is InChI=1S/C22H21N5O4S3/c1-4-22(2)9-14-16(10-31-22)34-19-17(14)18-24-25-21(26(18)20(23-19)32-3)33-11-15(28)12-5-7-13(8-6-12)27(29)30/h5-8H,4,9-11H2,1-3H3/t22-/m1/s1. The van der Waals surface area contributed by atoms with E-state index in [4.69, 9.17) is 9.72 Å². The van der Waals surface area contributed by atoms with Crippen LogP contribution >= 0.6 is 34.9 Å².